The number of amides is 2. The van der Waals surface area contributed by atoms with Crippen LogP contribution in [0.2, 0.25) is 0 Å². The standard InChI is InChI=1S/C14H13NO5/c1-8-9(2)14(19)15(13(8)18)10-3-5-11(6-4-10)20-7-12(16)17/h3-6H,7H2,1-2H3,(H,16,17). The minimum atomic E-state index is -1.07. The molecule has 0 aliphatic carbocycles. The highest BCUT2D eigenvalue weighted by atomic mass is 16.5. The van der Waals surface area contributed by atoms with Gasteiger partial charge >= 0.3 is 5.97 Å². The average molecular weight is 275 g/mol. The van der Waals surface area contributed by atoms with Crippen molar-refractivity contribution in [1.29, 1.82) is 0 Å². The minimum absolute atomic E-state index is 0.341. The summed E-state index contributed by atoms with van der Waals surface area (Å²) in [5.41, 5.74) is 1.29. The molecule has 2 amide bonds. The van der Waals surface area contributed by atoms with E-state index < -0.39 is 12.6 Å². The van der Waals surface area contributed by atoms with E-state index in [-0.39, 0.29) is 11.8 Å². The molecule has 1 aromatic carbocycles. The predicted octanol–water partition coefficient (Wildman–Crippen LogP) is 1.36. The van der Waals surface area contributed by atoms with Crippen molar-refractivity contribution < 1.29 is 24.2 Å². The fraction of sp³-hybridized carbons (Fsp3) is 0.214. The van der Waals surface area contributed by atoms with Gasteiger partial charge in [-0.1, -0.05) is 0 Å². The van der Waals surface area contributed by atoms with Gasteiger partial charge in [-0.3, -0.25) is 9.59 Å². The first-order valence-corrected chi connectivity index (χ1v) is 5.92. The number of carboxylic acids is 1. The van der Waals surface area contributed by atoms with Crippen molar-refractivity contribution in [1.82, 2.24) is 0 Å². The number of carboxylic acid groups (broad SMARTS) is 1. The molecule has 0 unspecified atom stereocenters. The van der Waals surface area contributed by atoms with E-state index in [1.165, 1.54) is 12.1 Å². The van der Waals surface area contributed by atoms with Crippen LogP contribution < -0.4 is 9.64 Å². The van der Waals surface area contributed by atoms with Crippen LogP contribution in [0, 0.1) is 0 Å². The molecule has 1 aliphatic rings. The van der Waals surface area contributed by atoms with Crippen LogP contribution in [0.4, 0.5) is 5.69 Å². The highest BCUT2D eigenvalue weighted by Gasteiger charge is 2.34. The average Bonchev–Trinajstić information content (AvgIpc) is 2.62. The van der Waals surface area contributed by atoms with Gasteiger partial charge in [0.25, 0.3) is 11.8 Å². The topological polar surface area (TPSA) is 83.9 Å². The molecule has 6 heteroatoms. The normalized spacial score (nSPS) is 15.0. The van der Waals surface area contributed by atoms with E-state index in [0.717, 1.165) is 4.90 Å². The number of hydrogen-bond donors (Lipinski definition) is 1. The third-order valence-electron chi connectivity index (χ3n) is 3.07. The Kier molecular flexibility index (Phi) is 3.56. The Balaban J connectivity index is 2.18. The maximum atomic E-state index is 12.0. The minimum Gasteiger partial charge on any atom is -0.482 e. The molecule has 0 atom stereocenters. The number of carbonyl (C=O) groups excluding carboxylic acids is 2. The number of ether oxygens (including phenoxy) is 1. The molecule has 0 fully saturated rings. The third kappa shape index (κ3) is 2.40. The molecule has 0 aromatic heterocycles. The molecule has 1 N–H and O–H groups in total. The summed E-state index contributed by atoms with van der Waals surface area (Å²) in [7, 11) is 0. The lowest BCUT2D eigenvalue weighted by Gasteiger charge is -2.15. The molecule has 2 rings (SSSR count). The second-order valence-electron chi connectivity index (χ2n) is 4.37. The van der Waals surface area contributed by atoms with Crippen molar-refractivity contribution in [3.63, 3.8) is 0 Å². The highest BCUT2D eigenvalue weighted by molar-refractivity contribution is 6.32. The van der Waals surface area contributed by atoms with Crippen LogP contribution in [-0.2, 0) is 14.4 Å². The summed E-state index contributed by atoms with van der Waals surface area (Å²) in [5, 5.41) is 8.50. The van der Waals surface area contributed by atoms with Gasteiger partial charge in [-0.05, 0) is 38.1 Å². The van der Waals surface area contributed by atoms with Gasteiger partial charge < -0.3 is 9.84 Å². The quantitative estimate of drug-likeness (QED) is 0.839. The Morgan fingerprint density at radius 2 is 1.60 bits per heavy atom. The summed E-state index contributed by atoms with van der Waals surface area (Å²) in [6.45, 7) is 2.78. The lowest BCUT2D eigenvalue weighted by Crippen LogP contribution is -2.31. The number of rotatable bonds is 4. The van der Waals surface area contributed by atoms with Gasteiger partial charge in [-0.25, -0.2) is 9.69 Å². The lowest BCUT2D eigenvalue weighted by molar-refractivity contribution is -0.139. The van der Waals surface area contributed by atoms with Crippen LogP contribution in [0.25, 0.3) is 0 Å². The second-order valence-corrected chi connectivity index (χ2v) is 4.37. The number of carbonyl (C=O) groups is 3. The monoisotopic (exact) mass is 275 g/mol. The Morgan fingerprint density at radius 3 is 2.05 bits per heavy atom. The summed E-state index contributed by atoms with van der Waals surface area (Å²) in [4.78, 5) is 35.4. The maximum Gasteiger partial charge on any atom is 0.341 e. The van der Waals surface area contributed by atoms with E-state index in [1.807, 2.05) is 0 Å². The molecule has 0 spiro atoms. The van der Waals surface area contributed by atoms with E-state index in [0.29, 0.717) is 22.6 Å². The summed E-state index contributed by atoms with van der Waals surface area (Å²) in [6.07, 6.45) is 0. The molecular formula is C14H13NO5. The summed E-state index contributed by atoms with van der Waals surface area (Å²) in [5.74, 6) is -1.40. The molecule has 104 valence electrons. The maximum absolute atomic E-state index is 12.0. The van der Waals surface area contributed by atoms with Crippen molar-refractivity contribution in [2.75, 3.05) is 11.5 Å². The third-order valence-corrected chi connectivity index (χ3v) is 3.07. The molecule has 6 nitrogen and oxygen atoms in total. The fourth-order valence-corrected chi connectivity index (χ4v) is 1.82. The first kappa shape index (κ1) is 13.8. The Bertz CT molecular complexity index is 591. The number of nitrogens with zero attached hydrogens (tertiary/aromatic N) is 1. The van der Waals surface area contributed by atoms with Crippen molar-refractivity contribution in [3.8, 4) is 5.75 Å². The van der Waals surface area contributed by atoms with Crippen LogP contribution in [0.5, 0.6) is 5.75 Å². The highest BCUT2D eigenvalue weighted by Crippen LogP contribution is 2.27. The number of benzene rings is 1. The van der Waals surface area contributed by atoms with Crippen molar-refractivity contribution in [2.45, 2.75) is 13.8 Å². The zero-order valence-corrected chi connectivity index (χ0v) is 11.0. The van der Waals surface area contributed by atoms with Crippen LogP contribution in [0.3, 0.4) is 0 Å². The van der Waals surface area contributed by atoms with Crippen LogP contribution >= 0.6 is 0 Å². The summed E-state index contributed by atoms with van der Waals surface area (Å²) in [6, 6.07) is 6.11. The summed E-state index contributed by atoms with van der Waals surface area (Å²) >= 11 is 0. The van der Waals surface area contributed by atoms with E-state index >= 15 is 0 Å². The molecule has 1 heterocycles. The zero-order valence-electron chi connectivity index (χ0n) is 11.0. The van der Waals surface area contributed by atoms with Gasteiger partial charge in [0, 0.05) is 11.1 Å². The predicted molar refractivity (Wildman–Crippen MR) is 70.4 cm³/mol. The molecule has 0 saturated heterocycles. The SMILES string of the molecule is CC1=C(C)C(=O)N(c2ccc(OCC(=O)O)cc2)C1=O. The van der Waals surface area contributed by atoms with Crippen molar-refractivity contribution >= 4 is 23.5 Å². The van der Waals surface area contributed by atoms with Gasteiger partial charge in [-0.2, -0.15) is 0 Å². The molecule has 0 bridgehead atoms. The fourth-order valence-electron chi connectivity index (χ4n) is 1.82. The Morgan fingerprint density at radius 1 is 1.10 bits per heavy atom. The molecule has 0 saturated carbocycles. The van der Waals surface area contributed by atoms with E-state index in [2.05, 4.69) is 0 Å². The van der Waals surface area contributed by atoms with Crippen molar-refractivity contribution in [3.05, 3.63) is 35.4 Å². The smallest absolute Gasteiger partial charge is 0.341 e. The van der Waals surface area contributed by atoms with Crippen molar-refractivity contribution in [2.24, 2.45) is 0 Å². The number of imide groups is 1. The number of aliphatic carboxylic acids is 1. The molecule has 20 heavy (non-hydrogen) atoms. The van der Waals surface area contributed by atoms with Gasteiger partial charge in [-0.15, -0.1) is 0 Å². The van der Waals surface area contributed by atoms with Gasteiger partial charge in [0.05, 0.1) is 5.69 Å². The summed E-state index contributed by atoms with van der Waals surface area (Å²) < 4.78 is 4.98. The van der Waals surface area contributed by atoms with E-state index in [9.17, 15) is 14.4 Å². The largest absolute Gasteiger partial charge is 0.482 e. The molecule has 0 radical (unpaired) electrons. The first-order valence-electron chi connectivity index (χ1n) is 5.92. The Labute approximate surface area is 115 Å². The van der Waals surface area contributed by atoms with Crippen LogP contribution in [0.1, 0.15) is 13.8 Å². The number of hydrogen-bond acceptors (Lipinski definition) is 4. The lowest BCUT2D eigenvalue weighted by atomic mass is 10.2. The molecular weight excluding hydrogens is 262 g/mol. The first-order chi connectivity index (χ1) is 9.41. The van der Waals surface area contributed by atoms with Crippen LogP contribution in [0.15, 0.2) is 35.4 Å². The molecule has 1 aromatic rings. The van der Waals surface area contributed by atoms with Gasteiger partial charge in [0.1, 0.15) is 5.75 Å². The van der Waals surface area contributed by atoms with Crippen LogP contribution in [-0.4, -0.2) is 29.5 Å². The molecule has 1 aliphatic heterocycles. The van der Waals surface area contributed by atoms with Gasteiger partial charge in [0.2, 0.25) is 0 Å². The second kappa shape index (κ2) is 5.16. The zero-order chi connectivity index (χ0) is 14.9. The van der Waals surface area contributed by atoms with E-state index in [4.69, 9.17) is 9.84 Å². The van der Waals surface area contributed by atoms with Gasteiger partial charge in [0.15, 0.2) is 6.61 Å². The Hall–Kier alpha value is -2.63. The van der Waals surface area contributed by atoms with E-state index in [1.54, 1.807) is 26.0 Å². The number of anilines is 1.